The Morgan fingerprint density at radius 2 is 2.13 bits per heavy atom. The first-order valence-electron chi connectivity index (χ1n) is 4.10. The number of nitrogens with zero attached hydrogens (tertiary/aromatic N) is 1. The lowest BCUT2D eigenvalue weighted by molar-refractivity contribution is -0.384. The molecule has 6 heteroatoms. The molecule has 0 aromatic heterocycles. The first-order valence-corrected chi connectivity index (χ1v) is 4.10. The van der Waals surface area contributed by atoms with Crippen molar-refractivity contribution in [2.45, 2.75) is 6.92 Å². The molecule has 0 aliphatic carbocycles. The summed E-state index contributed by atoms with van der Waals surface area (Å²) < 4.78 is 4.48. The normalized spacial score (nSPS) is 9.73. The van der Waals surface area contributed by atoms with Gasteiger partial charge >= 0.3 is 5.97 Å². The van der Waals surface area contributed by atoms with E-state index in [9.17, 15) is 14.9 Å². The van der Waals surface area contributed by atoms with Gasteiger partial charge in [-0.3, -0.25) is 10.1 Å². The average molecular weight is 210 g/mol. The fraction of sp³-hybridized carbons (Fsp3) is 0.222. The zero-order valence-electron chi connectivity index (χ0n) is 8.31. The second-order valence-electron chi connectivity index (χ2n) is 2.98. The Hall–Kier alpha value is -2.11. The monoisotopic (exact) mass is 210 g/mol. The maximum absolute atomic E-state index is 11.2. The number of esters is 1. The molecule has 0 bridgehead atoms. The van der Waals surface area contributed by atoms with Crippen LogP contribution in [0.25, 0.3) is 0 Å². The van der Waals surface area contributed by atoms with E-state index in [1.54, 1.807) is 0 Å². The summed E-state index contributed by atoms with van der Waals surface area (Å²) in [5.74, 6) is -0.570. The highest BCUT2D eigenvalue weighted by Crippen LogP contribution is 2.27. The van der Waals surface area contributed by atoms with Crippen LogP contribution in [0.3, 0.4) is 0 Å². The summed E-state index contributed by atoms with van der Waals surface area (Å²) in [6.07, 6.45) is 0. The Labute approximate surface area is 85.8 Å². The van der Waals surface area contributed by atoms with E-state index in [1.165, 1.54) is 26.2 Å². The first-order chi connectivity index (χ1) is 6.97. The number of nitro benzene ring substituents is 1. The number of nitrogen functional groups attached to an aromatic ring is 1. The van der Waals surface area contributed by atoms with Crippen LogP contribution >= 0.6 is 0 Å². The van der Waals surface area contributed by atoms with E-state index < -0.39 is 10.9 Å². The van der Waals surface area contributed by atoms with Gasteiger partial charge in [-0.15, -0.1) is 0 Å². The molecule has 80 valence electrons. The molecule has 1 rings (SSSR count). The minimum atomic E-state index is -0.578. The van der Waals surface area contributed by atoms with E-state index in [-0.39, 0.29) is 16.9 Å². The molecule has 0 saturated heterocycles. The van der Waals surface area contributed by atoms with Crippen molar-refractivity contribution in [2.24, 2.45) is 0 Å². The number of methoxy groups -OCH3 is 1. The van der Waals surface area contributed by atoms with E-state index in [2.05, 4.69) is 4.74 Å². The van der Waals surface area contributed by atoms with Crippen LogP contribution in [0.4, 0.5) is 11.4 Å². The van der Waals surface area contributed by atoms with Crippen LogP contribution in [0, 0.1) is 17.0 Å². The van der Waals surface area contributed by atoms with Gasteiger partial charge in [0.2, 0.25) is 0 Å². The lowest BCUT2D eigenvalue weighted by atomic mass is 10.1. The van der Waals surface area contributed by atoms with Crippen molar-refractivity contribution >= 4 is 17.3 Å². The van der Waals surface area contributed by atoms with Gasteiger partial charge in [0, 0.05) is 5.56 Å². The number of ether oxygens (including phenoxy) is 1. The van der Waals surface area contributed by atoms with Crippen LogP contribution in [0.1, 0.15) is 15.9 Å². The first kappa shape index (κ1) is 11.0. The number of carbonyl (C=O) groups excluding carboxylic acids is 1. The fourth-order valence-corrected chi connectivity index (χ4v) is 1.29. The zero-order chi connectivity index (χ0) is 11.6. The number of benzene rings is 1. The van der Waals surface area contributed by atoms with Gasteiger partial charge in [0.25, 0.3) is 5.69 Å². The van der Waals surface area contributed by atoms with E-state index in [1.807, 2.05) is 0 Å². The summed E-state index contributed by atoms with van der Waals surface area (Å²) in [4.78, 5) is 21.2. The number of hydrogen-bond acceptors (Lipinski definition) is 5. The lowest BCUT2D eigenvalue weighted by Crippen LogP contribution is -2.05. The molecule has 0 saturated carbocycles. The van der Waals surface area contributed by atoms with E-state index in [0.717, 1.165) is 0 Å². The van der Waals surface area contributed by atoms with Crippen molar-refractivity contribution in [1.29, 1.82) is 0 Å². The predicted octanol–water partition coefficient (Wildman–Crippen LogP) is 1.27. The topological polar surface area (TPSA) is 95.5 Å². The van der Waals surface area contributed by atoms with Gasteiger partial charge in [0.1, 0.15) is 5.69 Å². The average Bonchev–Trinajstić information content (AvgIpc) is 2.14. The van der Waals surface area contributed by atoms with Crippen LogP contribution in [0.5, 0.6) is 0 Å². The van der Waals surface area contributed by atoms with Crippen molar-refractivity contribution in [2.75, 3.05) is 12.8 Å². The van der Waals surface area contributed by atoms with Gasteiger partial charge in [0.05, 0.1) is 17.6 Å². The highest BCUT2D eigenvalue weighted by molar-refractivity contribution is 5.91. The molecule has 0 aliphatic heterocycles. The summed E-state index contributed by atoms with van der Waals surface area (Å²) in [7, 11) is 1.23. The number of anilines is 1. The van der Waals surface area contributed by atoms with Gasteiger partial charge in [-0.1, -0.05) is 0 Å². The number of nitrogens with two attached hydrogens (primary N) is 1. The van der Waals surface area contributed by atoms with Gasteiger partial charge < -0.3 is 10.5 Å². The number of rotatable bonds is 2. The molecule has 2 N–H and O–H groups in total. The molecule has 1 aromatic rings. The predicted molar refractivity (Wildman–Crippen MR) is 53.6 cm³/mol. The molecule has 0 atom stereocenters. The highest BCUT2D eigenvalue weighted by atomic mass is 16.6. The highest BCUT2D eigenvalue weighted by Gasteiger charge is 2.18. The molecule has 1 aromatic carbocycles. The molecule has 0 unspecified atom stereocenters. The summed E-state index contributed by atoms with van der Waals surface area (Å²) in [6.45, 7) is 1.51. The maximum atomic E-state index is 11.2. The van der Waals surface area contributed by atoms with E-state index in [4.69, 9.17) is 5.73 Å². The van der Waals surface area contributed by atoms with Gasteiger partial charge in [0.15, 0.2) is 0 Å². The number of carbonyl (C=O) groups is 1. The number of hydrogen-bond donors (Lipinski definition) is 1. The van der Waals surface area contributed by atoms with Crippen LogP contribution in [0.15, 0.2) is 12.1 Å². The molecular weight excluding hydrogens is 200 g/mol. The molecule has 0 heterocycles. The molecule has 0 aliphatic rings. The summed E-state index contributed by atoms with van der Waals surface area (Å²) >= 11 is 0. The molecular formula is C9H10N2O4. The van der Waals surface area contributed by atoms with Crippen LogP contribution in [-0.2, 0) is 4.74 Å². The van der Waals surface area contributed by atoms with Crippen molar-refractivity contribution in [3.63, 3.8) is 0 Å². The third kappa shape index (κ3) is 2.04. The van der Waals surface area contributed by atoms with Gasteiger partial charge in [-0.25, -0.2) is 4.79 Å². The molecule has 0 spiro atoms. The van der Waals surface area contributed by atoms with E-state index >= 15 is 0 Å². The molecule has 0 radical (unpaired) electrons. The number of nitro groups is 1. The second-order valence-corrected chi connectivity index (χ2v) is 2.98. The Kier molecular flexibility index (Phi) is 2.89. The van der Waals surface area contributed by atoms with Crippen LogP contribution in [0.2, 0.25) is 0 Å². The largest absolute Gasteiger partial charge is 0.465 e. The van der Waals surface area contributed by atoms with Crippen molar-refractivity contribution < 1.29 is 14.5 Å². The Morgan fingerprint density at radius 1 is 1.53 bits per heavy atom. The van der Waals surface area contributed by atoms with Crippen LogP contribution in [-0.4, -0.2) is 18.0 Å². The third-order valence-corrected chi connectivity index (χ3v) is 1.93. The van der Waals surface area contributed by atoms with Crippen molar-refractivity contribution in [3.05, 3.63) is 33.4 Å². The molecule has 0 fully saturated rings. The minimum absolute atomic E-state index is 0.0413. The molecule has 0 amide bonds. The second kappa shape index (κ2) is 3.95. The van der Waals surface area contributed by atoms with Crippen LogP contribution < -0.4 is 5.73 Å². The zero-order valence-corrected chi connectivity index (χ0v) is 8.31. The lowest BCUT2D eigenvalue weighted by Gasteiger charge is -2.04. The number of aryl methyl sites for hydroxylation is 1. The minimum Gasteiger partial charge on any atom is -0.465 e. The standard InChI is InChI=1S/C9H10N2O4/c1-5-3-6(9(12)15-2)4-7(10)8(5)11(13)14/h3-4H,10H2,1-2H3. The van der Waals surface area contributed by atoms with Gasteiger partial charge in [-0.2, -0.15) is 0 Å². The maximum Gasteiger partial charge on any atom is 0.337 e. The Bertz CT molecular complexity index is 405. The summed E-state index contributed by atoms with van der Waals surface area (Å²) in [6, 6.07) is 2.61. The molecule has 6 nitrogen and oxygen atoms in total. The fourth-order valence-electron chi connectivity index (χ4n) is 1.29. The molecule has 15 heavy (non-hydrogen) atoms. The van der Waals surface area contributed by atoms with Crippen molar-refractivity contribution in [3.8, 4) is 0 Å². The Morgan fingerprint density at radius 3 is 2.53 bits per heavy atom. The third-order valence-electron chi connectivity index (χ3n) is 1.93. The summed E-state index contributed by atoms with van der Waals surface area (Å²) in [5.41, 5.74) is 5.79. The van der Waals surface area contributed by atoms with E-state index in [0.29, 0.717) is 5.56 Å². The Balaban J connectivity index is 3.31. The quantitative estimate of drug-likeness (QED) is 0.343. The van der Waals surface area contributed by atoms with Gasteiger partial charge in [-0.05, 0) is 19.1 Å². The smallest absolute Gasteiger partial charge is 0.337 e. The summed E-state index contributed by atoms with van der Waals surface area (Å²) in [5, 5.41) is 10.6. The van der Waals surface area contributed by atoms with Crippen molar-refractivity contribution in [1.82, 2.24) is 0 Å². The SMILES string of the molecule is COC(=O)c1cc(C)c([N+](=O)[O-])c(N)c1.